The van der Waals surface area contributed by atoms with Crippen molar-refractivity contribution in [3.8, 4) is 0 Å². The smallest absolute Gasteiger partial charge is 0.176 e. The number of hydrogen-bond acceptors (Lipinski definition) is 3. The number of aromatic nitrogens is 4. The van der Waals surface area contributed by atoms with E-state index in [4.69, 9.17) is 0 Å². The molecule has 5 heteroatoms. The Kier molecular flexibility index (Phi) is 3.10. The first-order chi connectivity index (χ1) is 9.38. The van der Waals surface area contributed by atoms with E-state index in [-0.39, 0.29) is 0 Å². The van der Waals surface area contributed by atoms with Crippen LogP contribution in [0.25, 0.3) is 11.2 Å². The van der Waals surface area contributed by atoms with Gasteiger partial charge in [-0.2, -0.15) is 0 Å². The maximum Gasteiger partial charge on any atom is 0.176 e. The fourth-order valence-corrected chi connectivity index (χ4v) is 2.08. The summed E-state index contributed by atoms with van der Waals surface area (Å²) in [4.78, 5) is 16.2. The summed E-state index contributed by atoms with van der Waals surface area (Å²) in [6.07, 6.45) is 3.48. The van der Waals surface area contributed by atoms with Crippen LogP contribution in [0.5, 0.6) is 0 Å². The average molecular weight is 253 g/mol. The second-order valence-corrected chi connectivity index (χ2v) is 4.26. The molecule has 19 heavy (non-hydrogen) atoms. The first-order valence-electron chi connectivity index (χ1n) is 6.31. The van der Waals surface area contributed by atoms with Crippen molar-refractivity contribution in [2.24, 2.45) is 4.99 Å². The highest BCUT2D eigenvalue weighted by Crippen LogP contribution is 2.07. The zero-order valence-electron chi connectivity index (χ0n) is 10.7. The van der Waals surface area contributed by atoms with E-state index in [0.717, 1.165) is 23.2 Å². The molecule has 0 amide bonds. The first-order valence-corrected chi connectivity index (χ1v) is 6.31. The van der Waals surface area contributed by atoms with Gasteiger partial charge < -0.3 is 9.55 Å². The second-order valence-electron chi connectivity index (χ2n) is 4.26. The van der Waals surface area contributed by atoms with Crippen LogP contribution in [-0.2, 0) is 6.54 Å². The van der Waals surface area contributed by atoms with E-state index in [9.17, 15) is 0 Å². The third-order valence-electron chi connectivity index (χ3n) is 2.94. The Hall–Kier alpha value is -2.43. The predicted molar refractivity (Wildman–Crippen MR) is 73.5 cm³/mol. The van der Waals surface area contributed by atoms with Gasteiger partial charge in [0.2, 0.25) is 0 Å². The summed E-state index contributed by atoms with van der Waals surface area (Å²) in [5.74, 6) is 0. The molecule has 1 aromatic carbocycles. The Morgan fingerprint density at radius 2 is 2.05 bits per heavy atom. The minimum absolute atomic E-state index is 0.712. The van der Waals surface area contributed by atoms with Gasteiger partial charge in [0.25, 0.3) is 0 Å². The summed E-state index contributed by atoms with van der Waals surface area (Å²) in [6, 6.07) is 10.3. The van der Waals surface area contributed by atoms with Crippen LogP contribution in [-0.4, -0.2) is 26.1 Å². The Balaban J connectivity index is 2.09. The van der Waals surface area contributed by atoms with E-state index in [0.29, 0.717) is 6.54 Å². The number of benzene rings is 1. The van der Waals surface area contributed by atoms with E-state index < -0.39 is 0 Å². The number of nitrogens with one attached hydrogen (secondary N) is 1. The van der Waals surface area contributed by atoms with Crippen molar-refractivity contribution in [1.82, 2.24) is 19.5 Å². The van der Waals surface area contributed by atoms with Gasteiger partial charge in [0, 0.05) is 6.54 Å². The third-order valence-corrected chi connectivity index (χ3v) is 2.94. The van der Waals surface area contributed by atoms with Crippen LogP contribution in [0.3, 0.4) is 0 Å². The van der Waals surface area contributed by atoms with Gasteiger partial charge in [0.05, 0.1) is 19.2 Å². The maximum atomic E-state index is 4.39. The van der Waals surface area contributed by atoms with Crippen molar-refractivity contribution in [2.45, 2.75) is 13.5 Å². The largest absolute Gasteiger partial charge is 0.340 e. The van der Waals surface area contributed by atoms with E-state index in [2.05, 4.69) is 32.1 Å². The average Bonchev–Trinajstić information content (AvgIpc) is 2.93. The van der Waals surface area contributed by atoms with Crippen molar-refractivity contribution < 1.29 is 0 Å². The lowest BCUT2D eigenvalue weighted by Crippen LogP contribution is -2.15. The monoisotopic (exact) mass is 253 g/mol. The molecule has 0 aliphatic carbocycles. The van der Waals surface area contributed by atoms with Gasteiger partial charge in [-0.1, -0.05) is 30.3 Å². The summed E-state index contributed by atoms with van der Waals surface area (Å²) >= 11 is 0. The molecule has 0 saturated carbocycles. The molecule has 3 rings (SSSR count). The quantitative estimate of drug-likeness (QED) is 0.772. The van der Waals surface area contributed by atoms with Gasteiger partial charge in [0.1, 0.15) is 5.52 Å². The van der Waals surface area contributed by atoms with Crippen LogP contribution in [0, 0.1) is 0 Å². The molecule has 0 saturated heterocycles. The molecule has 2 heterocycles. The lowest BCUT2D eigenvalue weighted by atomic mass is 10.2. The normalized spacial score (nSPS) is 12.2. The fraction of sp³-hybridized carbons (Fsp3) is 0.214. The molecular weight excluding hydrogens is 238 g/mol. The van der Waals surface area contributed by atoms with Gasteiger partial charge in [-0.15, -0.1) is 0 Å². The molecule has 0 spiro atoms. The number of imidazole rings is 1. The van der Waals surface area contributed by atoms with Gasteiger partial charge in [-0.3, -0.25) is 4.99 Å². The molecule has 0 unspecified atom stereocenters. The molecule has 0 bridgehead atoms. The van der Waals surface area contributed by atoms with E-state index in [1.807, 2.05) is 29.7 Å². The maximum absolute atomic E-state index is 4.39. The lowest BCUT2D eigenvalue weighted by Gasteiger charge is -2.07. The lowest BCUT2D eigenvalue weighted by molar-refractivity contribution is 0.783. The van der Waals surface area contributed by atoms with Crippen molar-refractivity contribution in [3.05, 3.63) is 54.0 Å². The molecule has 0 radical (unpaired) electrons. The summed E-state index contributed by atoms with van der Waals surface area (Å²) in [7, 11) is 0. The standard InChI is InChI=1S/C14H15N5/c1-2-15-13-12-14(17-9-16-12)19(10-18-13)8-11-6-4-3-5-7-11/h3-7,9-10H,2,8H2,1H3,(H,16,17). The minimum Gasteiger partial charge on any atom is -0.340 e. The number of aromatic amines is 1. The number of hydrogen-bond donors (Lipinski definition) is 1. The van der Waals surface area contributed by atoms with Gasteiger partial charge >= 0.3 is 0 Å². The number of rotatable bonds is 3. The second kappa shape index (κ2) is 5.06. The van der Waals surface area contributed by atoms with Crippen LogP contribution in [0.4, 0.5) is 0 Å². The van der Waals surface area contributed by atoms with Gasteiger partial charge in [0.15, 0.2) is 11.1 Å². The molecule has 0 atom stereocenters. The number of H-pyrrole nitrogens is 1. The molecule has 5 nitrogen and oxygen atoms in total. The van der Waals surface area contributed by atoms with E-state index >= 15 is 0 Å². The molecule has 96 valence electrons. The van der Waals surface area contributed by atoms with Crippen LogP contribution < -0.4 is 5.49 Å². The van der Waals surface area contributed by atoms with Crippen LogP contribution in [0.2, 0.25) is 0 Å². The Morgan fingerprint density at radius 3 is 2.84 bits per heavy atom. The number of nitrogens with zero attached hydrogens (tertiary/aromatic N) is 4. The zero-order chi connectivity index (χ0) is 13.1. The number of fused-ring (bicyclic) bond motifs is 1. The highest BCUT2D eigenvalue weighted by atomic mass is 15.1. The Bertz CT molecular complexity index is 739. The van der Waals surface area contributed by atoms with Crippen LogP contribution >= 0.6 is 0 Å². The molecule has 3 aromatic rings. The van der Waals surface area contributed by atoms with Crippen LogP contribution in [0.15, 0.2) is 48.0 Å². The minimum atomic E-state index is 0.712. The molecule has 0 fully saturated rings. The molecular formula is C14H15N5. The topological polar surface area (TPSA) is 58.9 Å². The van der Waals surface area contributed by atoms with Crippen molar-refractivity contribution >= 4 is 11.2 Å². The summed E-state index contributed by atoms with van der Waals surface area (Å²) in [5.41, 5.74) is 3.71. The van der Waals surface area contributed by atoms with Crippen molar-refractivity contribution in [2.75, 3.05) is 6.54 Å². The SMILES string of the molecule is CCN=c1ncn(Cc2ccccc2)c2nc[nH]c12. The fourth-order valence-electron chi connectivity index (χ4n) is 2.08. The first kappa shape index (κ1) is 11.6. The van der Waals surface area contributed by atoms with E-state index in [1.165, 1.54) is 5.56 Å². The summed E-state index contributed by atoms with van der Waals surface area (Å²) < 4.78 is 2.02. The summed E-state index contributed by atoms with van der Waals surface area (Å²) in [6.45, 7) is 3.46. The van der Waals surface area contributed by atoms with Crippen LogP contribution in [0.1, 0.15) is 12.5 Å². The Morgan fingerprint density at radius 1 is 1.21 bits per heavy atom. The van der Waals surface area contributed by atoms with Crippen molar-refractivity contribution in [1.29, 1.82) is 0 Å². The molecule has 0 aliphatic heterocycles. The Labute approximate surface area is 110 Å². The van der Waals surface area contributed by atoms with Gasteiger partial charge in [-0.25, -0.2) is 9.97 Å². The molecule has 0 aliphatic rings. The van der Waals surface area contributed by atoms with Gasteiger partial charge in [-0.05, 0) is 12.5 Å². The third kappa shape index (κ3) is 2.27. The highest BCUT2D eigenvalue weighted by Gasteiger charge is 2.05. The van der Waals surface area contributed by atoms with Crippen molar-refractivity contribution in [3.63, 3.8) is 0 Å². The zero-order valence-corrected chi connectivity index (χ0v) is 10.7. The van der Waals surface area contributed by atoms with E-state index in [1.54, 1.807) is 12.7 Å². The summed E-state index contributed by atoms with van der Waals surface area (Å²) in [5, 5.41) is 0. The predicted octanol–water partition coefficient (Wildman–Crippen LogP) is 1.73. The molecule has 1 N–H and O–H groups in total. The highest BCUT2D eigenvalue weighted by molar-refractivity contribution is 5.68. The molecule has 2 aromatic heterocycles.